The predicted molar refractivity (Wildman–Crippen MR) is 220 cm³/mol. The van der Waals surface area contributed by atoms with Crippen molar-refractivity contribution in [2.75, 3.05) is 26.4 Å². The fourth-order valence-corrected chi connectivity index (χ4v) is 7.10. The largest absolute Gasteiger partial charge is 0.472 e. The minimum atomic E-state index is -4.37. The highest BCUT2D eigenvalue weighted by atomic mass is 31.2. The number of allylic oxidation sites excluding steroid dienone is 2. The molecule has 0 aliphatic heterocycles. The number of hydrogen-bond acceptors (Lipinski definition) is 8. The number of phosphoric ester groups is 1. The quantitative estimate of drug-likeness (QED) is 0.0269. The molecule has 9 nitrogen and oxygen atoms in total. The first-order chi connectivity index (χ1) is 25.8. The number of hydrogen-bond donors (Lipinski definition) is 2. The molecule has 0 bridgehead atoms. The summed E-state index contributed by atoms with van der Waals surface area (Å²) in [5, 5.41) is 0. The molecule has 314 valence electrons. The van der Waals surface area contributed by atoms with Crippen LogP contribution in [0.25, 0.3) is 0 Å². The third kappa shape index (κ3) is 40.2. The summed E-state index contributed by atoms with van der Waals surface area (Å²) >= 11 is 0. The molecule has 2 atom stereocenters. The Balaban J connectivity index is 4.09. The molecule has 0 rings (SSSR count). The van der Waals surface area contributed by atoms with Crippen molar-refractivity contribution >= 4 is 19.8 Å². The van der Waals surface area contributed by atoms with Gasteiger partial charge in [-0.25, -0.2) is 4.57 Å². The highest BCUT2D eigenvalue weighted by Gasteiger charge is 2.26. The Morgan fingerprint density at radius 3 is 1.34 bits per heavy atom. The molecule has 0 spiro atoms. The van der Waals surface area contributed by atoms with Crippen LogP contribution in [0.3, 0.4) is 0 Å². The van der Waals surface area contributed by atoms with E-state index in [9.17, 15) is 19.0 Å². The molecule has 0 aliphatic rings. The highest BCUT2D eigenvalue weighted by Crippen LogP contribution is 2.43. The fourth-order valence-electron chi connectivity index (χ4n) is 6.34. The lowest BCUT2D eigenvalue weighted by Crippen LogP contribution is -2.29. The zero-order valence-electron chi connectivity index (χ0n) is 34.5. The van der Waals surface area contributed by atoms with Gasteiger partial charge in [0.05, 0.1) is 13.2 Å². The predicted octanol–water partition coefficient (Wildman–Crippen LogP) is 12.6. The van der Waals surface area contributed by atoms with Crippen molar-refractivity contribution in [3.05, 3.63) is 12.2 Å². The molecule has 10 heteroatoms. The number of esters is 2. The molecular weight excluding hydrogens is 689 g/mol. The first kappa shape index (κ1) is 51.8. The van der Waals surface area contributed by atoms with Crippen LogP contribution >= 0.6 is 7.82 Å². The van der Waals surface area contributed by atoms with Gasteiger partial charge < -0.3 is 20.1 Å². The standard InChI is InChI=1S/C43H84NO8P/c1-3-5-7-9-11-13-15-17-18-19-20-21-22-24-25-27-29-31-33-35-42(45)49-39-41(40-51-53(47,48)50-38-37-44)52-43(46)36-34-32-30-28-26-23-16-14-12-10-8-6-4-2/h19-20,41H,3-18,21-40,44H2,1-2H3,(H,47,48)/b20-19-/t41-/m1/s1. The lowest BCUT2D eigenvalue weighted by atomic mass is 10.0. The Bertz CT molecular complexity index is 886. The molecule has 0 saturated heterocycles. The Hall–Kier alpha value is -1.25. The van der Waals surface area contributed by atoms with Crippen LogP contribution in [-0.4, -0.2) is 49.3 Å². The summed E-state index contributed by atoms with van der Waals surface area (Å²) in [6.07, 6.45) is 41.0. The van der Waals surface area contributed by atoms with Crippen LogP contribution in [0.2, 0.25) is 0 Å². The van der Waals surface area contributed by atoms with Gasteiger partial charge in [0.25, 0.3) is 0 Å². The molecule has 0 aliphatic carbocycles. The maximum atomic E-state index is 12.6. The van der Waals surface area contributed by atoms with Crippen LogP contribution in [0, 0.1) is 0 Å². The van der Waals surface area contributed by atoms with Crippen LogP contribution in [0.5, 0.6) is 0 Å². The summed E-state index contributed by atoms with van der Waals surface area (Å²) in [5.41, 5.74) is 5.35. The van der Waals surface area contributed by atoms with Crippen molar-refractivity contribution in [2.24, 2.45) is 5.73 Å². The van der Waals surface area contributed by atoms with Gasteiger partial charge in [-0.3, -0.25) is 18.6 Å². The smallest absolute Gasteiger partial charge is 0.462 e. The molecule has 53 heavy (non-hydrogen) atoms. The Kier molecular flexibility index (Phi) is 39.5. The number of unbranched alkanes of at least 4 members (excludes halogenated alkanes) is 27. The molecule has 0 fully saturated rings. The zero-order chi connectivity index (χ0) is 38.9. The molecule has 0 aromatic carbocycles. The van der Waals surface area contributed by atoms with Gasteiger partial charge in [-0.15, -0.1) is 0 Å². The van der Waals surface area contributed by atoms with Gasteiger partial charge in [-0.2, -0.15) is 0 Å². The van der Waals surface area contributed by atoms with E-state index in [0.717, 1.165) is 32.1 Å². The molecule has 1 unspecified atom stereocenters. The second-order valence-electron chi connectivity index (χ2n) is 14.9. The number of phosphoric acid groups is 1. The number of carbonyl (C=O) groups excluding carboxylic acids is 2. The molecule has 0 aromatic rings. The van der Waals surface area contributed by atoms with E-state index in [1.807, 2.05) is 0 Å². The molecule has 3 N–H and O–H groups in total. The molecular formula is C43H84NO8P. The molecule has 0 radical (unpaired) electrons. The van der Waals surface area contributed by atoms with Crippen molar-refractivity contribution in [3.8, 4) is 0 Å². The van der Waals surface area contributed by atoms with E-state index in [2.05, 4.69) is 26.0 Å². The minimum absolute atomic E-state index is 0.0557. The molecule has 0 heterocycles. The van der Waals surface area contributed by atoms with Crippen molar-refractivity contribution in [1.29, 1.82) is 0 Å². The number of rotatable bonds is 42. The average molecular weight is 774 g/mol. The van der Waals surface area contributed by atoms with Gasteiger partial charge in [-0.05, 0) is 38.5 Å². The lowest BCUT2D eigenvalue weighted by molar-refractivity contribution is -0.161. The number of ether oxygens (including phenoxy) is 2. The normalized spacial score (nSPS) is 13.4. The SMILES string of the molecule is CCCCCCCCCC/C=C\CCCCCCCCCC(=O)OC[C@H](COP(=O)(O)OCCN)OC(=O)CCCCCCCCCCCCCCC. The van der Waals surface area contributed by atoms with E-state index in [0.29, 0.717) is 6.42 Å². The van der Waals surface area contributed by atoms with Gasteiger partial charge in [-0.1, -0.05) is 180 Å². The van der Waals surface area contributed by atoms with Crippen molar-refractivity contribution in [2.45, 2.75) is 225 Å². The van der Waals surface area contributed by atoms with Gasteiger partial charge in [0, 0.05) is 19.4 Å². The van der Waals surface area contributed by atoms with E-state index in [-0.39, 0.29) is 38.6 Å². The third-order valence-corrected chi connectivity index (χ3v) is 10.6. The van der Waals surface area contributed by atoms with Gasteiger partial charge in [0.1, 0.15) is 6.61 Å². The molecule has 0 aromatic heterocycles. The van der Waals surface area contributed by atoms with E-state index in [1.54, 1.807) is 0 Å². The van der Waals surface area contributed by atoms with Crippen molar-refractivity contribution in [1.82, 2.24) is 0 Å². The Morgan fingerprint density at radius 2 is 0.925 bits per heavy atom. The van der Waals surface area contributed by atoms with Gasteiger partial charge >= 0.3 is 19.8 Å². The van der Waals surface area contributed by atoms with Crippen molar-refractivity contribution < 1.29 is 37.6 Å². The van der Waals surface area contributed by atoms with E-state index >= 15 is 0 Å². The average Bonchev–Trinajstić information content (AvgIpc) is 3.14. The van der Waals surface area contributed by atoms with Crippen molar-refractivity contribution in [3.63, 3.8) is 0 Å². The zero-order valence-corrected chi connectivity index (χ0v) is 35.4. The maximum Gasteiger partial charge on any atom is 0.472 e. The first-order valence-corrected chi connectivity index (χ1v) is 23.7. The van der Waals surface area contributed by atoms with E-state index < -0.39 is 26.5 Å². The Morgan fingerprint density at radius 1 is 0.547 bits per heavy atom. The van der Waals surface area contributed by atoms with Crippen LogP contribution in [0.4, 0.5) is 0 Å². The van der Waals surface area contributed by atoms with Crippen LogP contribution < -0.4 is 5.73 Å². The second kappa shape index (κ2) is 40.4. The third-order valence-electron chi connectivity index (χ3n) is 9.65. The monoisotopic (exact) mass is 774 g/mol. The second-order valence-corrected chi connectivity index (χ2v) is 16.4. The Labute approximate surface area is 326 Å². The maximum absolute atomic E-state index is 12.6. The topological polar surface area (TPSA) is 134 Å². The molecule has 0 amide bonds. The summed E-state index contributed by atoms with van der Waals surface area (Å²) < 4.78 is 32.8. The molecule has 0 saturated carbocycles. The number of carbonyl (C=O) groups is 2. The number of nitrogens with two attached hydrogens (primary N) is 1. The van der Waals surface area contributed by atoms with Gasteiger partial charge in [0.2, 0.25) is 0 Å². The highest BCUT2D eigenvalue weighted by molar-refractivity contribution is 7.47. The van der Waals surface area contributed by atoms with Crippen LogP contribution in [0.15, 0.2) is 12.2 Å². The summed E-state index contributed by atoms with van der Waals surface area (Å²) in [6, 6.07) is 0. The summed E-state index contributed by atoms with van der Waals surface area (Å²) in [7, 11) is -4.37. The summed E-state index contributed by atoms with van der Waals surface area (Å²) in [6.45, 7) is 3.75. The van der Waals surface area contributed by atoms with E-state index in [1.165, 1.54) is 154 Å². The van der Waals surface area contributed by atoms with E-state index in [4.69, 9.17) is 24.3 Å². The fraction of sp³-hybridized carbons (Fsp3) is 0.907. The summed E-state index contributed by atoms with van der Waals surface area (Å²) in [4.78, 5) is 34.8. The summed E-state index contributed by atoms with van der Waals surface area (Å²) in [5.74, 6) is -0.823. The first-order valence-electron chi connectivity index (χ1n) is 22.2. The van der Waals surface area contributed by atoms with Crippen LogP contribution in [0.1, 0.15) is 219 Å². The van der Waals surface area contributed by atoms with Gasteiger partial charge in [0.15, 0.2) is 6.10 Å². The lowest BCUT2D eigenvalue weighted by Gasteiger charge is -2.19. The minimum Gasteiger partial charge on any atom is -0.462 e. The van der Waals surface area contributed by atoms with Crippen LogP contribution in [-0.2, 0) is 32.7 Å².